The summed E-state index contributed by atoms with van der Waals surface area (Å²) in [5, 5.41) is 23.4. The van der Waals surface area contributed by atoms with Crippen molar-refractivity contribution < 1.29 is 38.9 Å². The lowest BCUT2D eigenvalue weighted by Gasteiger charge is -2.44. The minimum atomic E-state index is -1.10. The molecule has 4 rings (SSSR count). The Balaban J connectivity index is 1.11. The lowest BCUT2D eigenvalue weighted by Crippen LogP contribution is -2.36. The van der Waals surface area contributed by atoms with Crippen LogP contribution in [0.5, 0.6) is 0 Å². The third-order valence-corrected chi connectivity index (χ3v) is 11.6. The first-order valence-electron chi connectivity index (χ1n) is 19.2. The maximum Gasteiger partial charge on any atom is 0.334 e. The van der Waals surface area contributed by atoms with Crippen molar-refractivity contribution in [1.82, 2.24) is 10.4 Å². The highest BCUT2D eigenvalue weighted by molar-refractivity contribution is 5.80. The van der Waals surface area contributed by atoms with Crippen molar-refractivity contribution in [2.24, 2.45) is 23.2 Å². The molecular formula is C40H64N2O8. The van der Waals surface area contributed by atoms with Crippen molar-refractivity contribution in [3.05, 3.63) is 35.5 Å². The largest absolute Gasteiger partial charge is 0.390 e. The molecule has 0 bridgehead atoms. The van der Waals surface area contributed by atoms with Crippen LogP contribution in [0.25, 0.3) is 0 Å². The third-order valence-electron chi connectivity index (χ3n) is 11.6. The molecule has 0 aromatic carbocycles. The Labute approximate surface area is 300 Å². The Kier molecular flexibility index (Phi) is 15.1. The van der Waals surface area contributed by atoms with E-state index < -0.39 is 23.7 Å². The molecule has 282 valence electrons. The summed E-state index contributed by atoms with van der Waals surface area (Å²) in [5.41, 5.74) is 3.93. The molecule has 4 fully saturated rings. The molecule has 3 N–H and O–H groups in total. The maximum atomic E-state index is 12.2. The van der Waals surface area contributed by atoms with Gasteiger partial charge < -0.3 is 29.8 Å². The van der Waals surface area contributed by atoms with Crippen LogP contribution in [0.3, 0.4) is 0 Å². The van der Waals surface area contributed by atoms with E-state index in [2.05, 4.69) is 37.9 Å². The van der Waals surface area contributed by atoms with Gasteiger partial charge in [0.25, 0.3) is 5.91 Å². The van der Waals surface area contributed by atoms with Crippen molar-refractivity contribution in [2.75, 3.05) is 26.4 Å². The number of aliphatic hydroxyl groups excluding tert-OH is 1. The predicted octanol–water partition coefficient (Wildman–Crippen LogP) is 6.46. The molecule has 3 saturated carbocycles. The van der Waals surface area contributed by atoms with Crippen LogP contribution in [0.4, 0.5) is 0 Å². The van der Waals surface area contributed by atoms with Crippen molar-refractivity contribution in [1.29, 1.82) is 0 Å². The molecule has 0 spiro atoms. The molecule has 50 heavy (non-hydrogen) atoms. The van der Waals surface area contributed by atoms with Gasteiger partial charge >= 0.3 is 5.97 Å². The highest BCUT2D eigenvalue weighted by atomic mass is 16.7. The fourth-order valence-corrected chi connectivity index (χ4v) is 8.77. The molecule has 4 aliphatic rings. The zero-order valence-corrected chi connectivity index (χ0v) is 31.2. The first-order chi connectivity index (χ1) is 23.8. The fraction of sp³-hybridized carbons (Fsp3) is 0.775. The summed E-state index contributed by atoms with van der Waals surface area (Å²) in [6.07, 6.45) is 17.3. The van der Waals surface area contributed by atoms with Crippen LogP contribution < -0.4 is 5.32 Å². The first-order valence-corrected chi connectivity index (χ1v) is 19.2. The molecule has 1 saturated heterocycles. The number of nitrogens with one attached hydrogen (secondary N) is 1. The molecule has 2 unspecified atom stereocenters. The van der Waals surface area contributed by atoms with Crippen LogP contribution >= 0.6 is 0 Å². The Hall–Kier alpha value is -2.53. The second-order valence-electron chi connectivity index (χ2n) is 16.1. The number of carbonyl (C=O) groups is 3. The average Bonchev–Trinajstić information content (AvgIpc) is 3.58. The summed E-state index contributed by atoms with van der Waals surface area (Å²) in [6, 6.07) is 0. The summed E-state index contributed by atoms with van der Waals surface area (Å²) in [4.78, 5) is 40.5. The number of carbonyl (C=O) groups excluding carboxylic acids is 3. The highest BCUT2D eigenvalue weighted by Crippen LogP contribution is 2.60. The number of hydrogen-bond donors (Lipinski definition) is 3. The van der Waals surface area contributed by atoms with Gasteiger partial charge in [-0.05, 0) is 107 Å². The van der Waals surface area contributed by atoms with Crippen LogP contribution in [0.1, 0.15) is 130 Å². The van der Waals surface area contributed by atoms with Gasteiger partial charge in [0.1, 0.15) is 0 Å². The van der Waals surface area contributed by atoms with E-state index >= 15 is 0 Å². The zero-order valence-electron chi connectivity index (χ0n) is 31.2. The lowest BCUT2D eigenvalue weighted by atomic mass is 9.60. The summed E-state index contributed by atoms with van der Waals surface area (Å²) in [5.74, 6) is 0.882. The molecule has 0 aromatic heterocycles. The van der Waals surface area contributed by atoms with Gasteiger partial charge in [-0.25, -0.2) is 4.79 Å². The van der Waals surface area contributed by atoms with Gasteiger partial charge in [0, 0.05) is 32.4 Å². The molecule has 10 nitrogen and oxygen atoms in total. The molecular weight excluding hydrogens is 636 g/mol. The SMILES string of the molecule is C=C1CC[C@H](OCCCNC(=O)CCOCCC(=O)ON2C(=O)CCC2O)C/C1=C/C=C1\CCC[C@@]2(C)C1CC[C@@H]2[C@H](C)CCCC(C)(C)O. The van der Waals surface area contributed by atoms with E-state index in [4.69, 9.17) is 14.3 Å². The number of hydroxylamine groups is 2. The van der Waals surface area contributed by atoms with E-state index in [9.17, 15) is 24.6 Å². The van der Waals surface area contributed by atoms with Crippen LogP contribution in [-0.4, -0.2) is 77.4 Å². The van der Waals surface area contributed by atoms with Gasteiger partial charge in [0.2, 0.25) is 5.91 Å². The summed E-state index contributed by atoms with van der Waals surface area (Å²) >= 11 is 0. The van der Waals surface area contributed by atoms with Crippen molar-refractivity contribution in [3.63, 3.8) is 0 Å². The summed E-state index contributed by atoms with van der Waals surface area (Å²) in [7, 11) is 0. The molecule has 3 aliphatic carbocycles. The Bertz CT molecular complexity index is 1240. The molecule has 0 aromatic rings. The monoisotopic (exact) mass is 700 g/mol. The molecule has 0 radical (unpaired) electrons. The van der Waals surface area contributed by atoms with E-state index in [1.165, 1.54) is 49.7 Å². The van der Waals surface area contributed by atoms with Crippen LogP contribution in [-0.2, 0) is 28.7 Å². The van der Waals surface area contributed by atoms with Gasteiger partial charge in [0.15, 0.2) is 6.23 Å². The van der Waals surface area contributed by atoms with E-state index in [1.54, 1.807) is 5.57 Å². The number of allylic oxidation sites excluding steroid dienone is 4. The standard InChI is InChI=1S/C40H64N2O8/c1-28-11-14-32(49-24-8-23-41-35(43)19-25-48-26-20-38(46)50-42-36(44)17-18-37(42)45)27-31(28)13-12-30-10-7-22-40(5)33(15-16-34(30)40)29(2)9-6-21-39(3,4)47/h12-13,29,32-34,36,44,47H,1,6-11,14-27H2,2-5H3,(H,41,43)/b30-12+,31-13-/t29-,32+,33-,34?,36?,40-/m1/s1. The number of fused-ring (bicyclic) bond motifs is 1. The third kappa shape index (κ3) is 11.8. The van der Waals surface area contributed by atoms with Gasteiger partial charge in [-0.3, -0.25) is 9.59 Å². The Morgan fingerprint density at radius 2 is 1.86 bits per heavy atom. The number of amides is 2. The molecule has 10 heteroatoms. The quantitative estimate of drug-likeness (QED) is 0.139. The van der Waals surface area contributed by atoms with Gasteiger partial charge in [0.05, 0.1) is 31.3 Å². The van der Waals surface area contributed by atoms with E-state index in [-0.39, 0.29) is 50.9 Å². The molecule has 2 amide bonds. The lowest BCUT2D eigenvalue weighted by molar-refractivity contribution is -0.221. The van der Waals surface area contributed by atoms with Gasteiger partial charge in [-0.1, -0.05) is 56.6 Å². The minimum absolute atomic E-state index is 0.0602. The summed E-state index contributed by atoms with van der Waals surface area (Å²) in [6.45, 7) is 14.5. The van der Waals surface area contributed by atoms with Crippen molar-refractivity contribution in [2.45, 2.75) is 148 Å². The first kappa shape index (κ1) is 40.2. The van der Waals surface area contributed by atoms with E-state index in [0.717, 1.165) is 44.4 Å². The second-order valence-corrected chi connectivity index (χ2v) is 16.1. The van der Waals surface area contributed by atoms with Crippen LogP contribution in [0.2, 0.25) is 0 Å². The highest BCUT2D eigenvalue weighted by Gasteiger charge is 2.50. The van der Waals surface area contributed by atoms with E-state index in [0.29, 0.717) is 35.5 Å². The van der Waals surface area contributed by atoms with Gasteiger partial charge in [-0.15, -0.1) is 5.06 Å². The van der Waals surface area contributed by atoms with Gasteiger partial charge in [-0.2, -0.15) is 0 Å². The fourth-order valence-electron chi connectivity index (χ4n) is 8.77. The average molecular weight is 701 g/mol. The van der Waals surface area contributed by atoms with Crippen molar-refractivity contribution >= 4 is 17.8 Å². The number of hydrogen-bond acceptors (Lipinski definition) is 8. The number of ether oxygens (including phenoxy) is 2. The second kappa shape index (κ2) is 18.8. The van der Waals surface area contributed by atoms with Crippen LogP contribution in [0, 0.1) is 23.2 Å². The zero-order chi connectivity index (χ0) is 36.3. The maximum absolute atomic E-state index is 12.2. The molecule has 6 atom stereocenters. The van der Waals surface area contributed by atoms with Crippen LogP contribution in [0.15, 0.2) is 35.5 Å². The molecule has 1 aliphatic heterocycles. The normalized spacial score (nSPS) is 29.4. The minimum Gasteiger partial charge on any atom is -0.390 e. The van der Waals surface area contributed by atoms with Crippen molar-refractivity contribution in [3.8, 4) is 0 Å². The number of rotatable bonds is 18. The number of aliphatic hydroxyl groups is 2. The summed E-state index contributed by atoms with van der Waals surface area (Å²) < 4.78 is 11.6. The number of nitrogens with zero attached hydrogens (tertiary/aromatic N) is 1. The predicted molar refractivity (Wildman–Crippen MR) is 192 cm³/mol. The topological polar surface area (TPSA) is 135 Å². The Morgan fingerprint density at radius 1 is 1.08 bits per heavy atom. The smallest absolute Gasteiger partial charge is 0.334 e. The molecule has 1 heterocycles. The van der Waals surface area contributed by atoms with E-state index in [1.807, 2.05) is 13.8 Å². The Morgan fingerprint density at radius 3 is 2.60 bits per heavy atom.